The van der Waals surface area contributed by atoms with E-state index in [2.05, 4.69) is 115 Å². The van der Waals surface area contributed by atoms with E-state index in [-0.39, 0.29) is 0 Å². The molecule has 0 amide bonds. The Bertz CT molecular complexity index is 2550. The van der Waals surface area contributed by atoms with E-state index < -0.39 is 0 Å². The van der Waals surface area contributed by atoms with Crippen molar-refractivity contribution in [1.82, 2.24) is 15.0 Å². The first-order valence-electron chi connectivity index (χ1n) is 15.7. The van der Waals surface area contributed by atoms with E-state index >= 15 is 0 Å². The normalized spacial score (nSPS) is 11.4. The lowest BCUT2D eigenvalue weighted by atomic mass is 9.97. The molecule has 3 aromatic heterocycles. The van der Waals surface area contributed by atoms with Gasteiger partial charge in [-0.15, -0.1) is 0 Å². The lowest BCUT2D eigenvalue weighted by molar-refractivity contribution is 0.670. The minimum absolute atomic E-state index is 0.691. The fraction of sp³-hybridized carbons (Fsp3) is 0. The number of aromatic nitrogens is 3. The fourth-order valence-electron chi connectivity index (χ4n) is 6.38. The third-order valence-electron chi connectivity index (χ3n) is 8.69. The van der Waals surface area contributed by atoms with Crippen LogP contribution in [0.15, 0.2) is 168 Å². The summed E-state index contributed by atoms with van der Waals surface area (Å²) in [6.45, 7) is 0. The molecule has 4 heteroatoms. The number of fused-ring (bicyclic) bond motifs is 4. The summed E-state index contributed by atoms with van der Waals surface area (Å²) < 4.78 is 6.45. The second-order valence-electron chi connectivity index (χ2n) is 11.6. The van der Waals surface area contributed by atoms with Crippen LogP contribution in [-0.2, 0) is 0 Å². The monoisotopic (exact) mass is 601 g/mol. The van der Waals surface area contributed by atoms with E-state index in [4.69, 9.17) is 19.4 Å². The van der Waals surface area contributed by atoms with Crippen molar-refractivity contribution in [3.63, 3.8) is 0 Å². The molecule has 9 aromatic rings. The molecule has 4 nitrogen and oxygen atoms in total. The maximum absolute atomic E-state index is 6.45. The largest absolute Gasteiger partial charge is 0.454 e. The lowest BCUT2D eigenvalue weighted by Gasteiger charge is -2.12. The zero-order chi connectivity index (χ0) is 31.2. The molecule has 220 valence electrons. The third kappa shape index (κ3) is 4.84. The molecular formula is C43H27N3O. The quantitative estimate of drug-likeness (QED) is 0.197. The maximum atomic E-state index is 6.45. The number of furan rings is 1. The molecule has 47 heavy (non-hydrogen) atoms. The number of para-hydroxylation sites is 2. The summed E-state index contributed by atoms with van der Waals surface area (Å²) in [5.74, 6) is 0.691. The van der Waals surface area contributed by atoms with E-state index in [0.717, 1.165) is 77.7 Å². The van der Waals surface area contributed by atoms with E-state index in [9.17, 15) is 0 Å². The molecule has 6 aromatic carbocycles. The van der Waals surface area contributed by atoms with Crippen molar-refractivity contribution in [3.05, 3.63) is 164 Å². The fourth-order valence-corrected chi connectivity index (χ4v) is 6.38. The van der Waals surface area contributed by atoms with Crippen molar-refractivity contribution >= 4 is 33.0 Å². The second-order valence-corrected chi connectivity index (χ2v) is 11.6. The van der Waals surface area contributed by atoms with Gasteiger partial charge in [-0.05, 0) is 47.0 Å². The number of hydrogen-bond donors (Lipinski definition) is 0. The van der Waals surface area contributed by atoms with Crippen LogP contribution in [0.4, 0.5) is 0 Å². The summed E-state index contributed by atoms with van der Waals surface area (Å²) in [6, 6.07) is 56.2. The predicted molar refractivity (Wildman–Crippen MR) is 192 cm³/mol. The Balaban J connectivity index is 1.19. The number of benzene rings is 6. The molecule has 0 N–H and O–H groups in total. The van der Waals surface area contributed by atoms with Gasteiger partial charge in [0, 0.05) is 33.0 Å². The van der Waals surface area contributed by atoms with Crippen LogP contribution in [0.25, 0.3) is 89.1 Å². The molecule has 0 bridgehead atoms. The van der Waals surface area contributed by atoms with Gasteiger partial charge in [0.15, 0.2) is 11.4 Å². The zero-order valence-electron chi connectivity index (χ0n) is 25.3. The summed E-state index contributed by atoms with van der Waals surface area (Å²) in [4.78, 5) is 15.1. The lowest BCUT2D eigenvalue weighted by Crippen LogP contribution is -1.96. The van der Waals surface area contributed by atoms with Gasteiger partial charge in [0.05, 0.1) is 16.9 Å². The molecule has 9 rings (SSSR count). The van der Waals surface area contributed by atoms with Gasteiger partial charge in [0.2, 0.25) is 0 Å². The van der Waals surface area contributed by atoms with Gasteiger partial charge in [-0.3, -0.25) is 0 Å². The van der Waals surface area contributed by atoms with Crippen molar-refractivity contribution in [2.45, 2.75) is 0 Å². The molecule has 0 radical (unpaired) electrons. The number of pyridine rings is 1. The molecule has 3 heterocycles. The summed E-state index contributed by atoms with van der Waals surface area (Å²) in [6.07, 6.45) is 0. The van der Waals surface area contributed by atoms with E-state index in [0.29, 0.717) is 5.82 Å². The Morgan fingerprint density at radius 2 is 0.979 bits per heavy atom. The minimum atomic E-state index is 0.691. The van der Waals surface area contributed by atoms with Crippen LogP contribution in [-0.4, -0.2) is 15.0 Å². The van der Waals surface area contributed by atoms with Gasteiger partial charge in [-0.25, -0.2) is 15.0 Å². The molecule has 0 saturated heterocycles. The van der Waals surface area contributed by atoms with Crippen LogP contribution in [0.2, 0.25) is 0 Å². The minimum Gasteiger partial charge on any atom is -0.454 e. The number of nitrogens with zero attached hydrogens (tertiary/aromatic N) is 3. The van der Waals surface area contributed by atoms with Gasteiger partial charge in [-0.2, -0.15) is 0 Å². The van der Waals surface area contributed by atoms with Gasteiger partial charge in [0.25, 0.3) is 0 Å². The Kier molecular flexibility index (Phi) is 6.43. The molecule has 0 spiro atoms. The first kappa shape index (κ1) is 27.0. The first-order valence-corrected chi connectivity index (χ1v) is 15.7. The van der Waals surface area contributed by atoms with Crippen LogP contribution in [0, 0.1) is 0 Å². The van der Waals surface area contributed by atoms with Crippen LogP contribution >= 0.6 is 0 Å². The molecule has 0 aliphatic carbocycles. The van der Waals surface area contributed by atoms with Gasteiger partial charge >= 0.3 is 0 Å². The zero-order valence-corrected chi connectivity index (χ0v) is 25.3. The Morgan fingerprint density at radius 1 is 0.383 bits per heavy atom. The Morgan fingerprint density at radius 3 is 1.77 bits per heavy atom. The average molecular weight is 602 g/mol. The van der Waals surface area contributed by atoms with E-state index in [1.165, 1.54) is 5.56 Å². The maximum Gasteiger partial charge on any atom is 0.162 e. The molecule has 0 atom stereocenters. The SMILES string of the molecule is c1ccc(-c2cccc(-c3cc(-c4ccc(-c5c6ccccc6nc6c5oc5ccccc56)cc4)nc(-c4ccccc4)n3)c2)cc1. The van der Waals surface area contributed by atoms with Crippen molar-refractivity contribution in [1.29, 1.82) is 0 Å². The van der Waals surface area contributed by atoms with Crippen LogP contribution in [0.1, 0.15) is 0 Å². The summed E-state index contributed by atoms with van der Waals surface area (Å²) in [5.41, 5.74) is 12.6. The van der Waals surface area contributed by atoms with Gasteiger partial charge in [-0.1, -0.05) is 133 Å². The Hall–Kier alpha value is -6.39. The summed E-state index contributed by atoms with van der Waals surface area (Å²) in [7, 11) is 0. The number of rotatable bonds is 5. The average Bonchev–Trinajstić information content (AvgIpc) is 3.52. The standard InChI is InChI=1S/C43H27N3O/c1-3-12-28(13-4-1)32-16-11-17-33(26-32)38-27-37(45-43(46-38)31-14-5-2-6-15-31)29-22-24-30(25-23-29)40-34-18-7-9-20-36(34)44-41-35-19-8-10-21-39(35)47-42(40)41/h1-27H. The second kappa shape index (κ2) is 11.2. The molecule has 0 unspecified atom stereocenters. The van der Waals surface area contributed by atoms with Gasteiger partial charge in [0.1, 0.15) is 11.1 Å². The van der Waals surface area contributed by atoms with Crippen LogP contribution in [0.5, 0.6) is 0 Å². The molecule has 0 aliphatic heterocycles. The Labute approximate surface area is 271 Å². The predicted octanol–water partition coefficient (Wildman–Crippen LogP) is 11.3. The van der Waals surface area contributed by atoms with E-state index in [1.54, 1.807) is 0 Å². The molecule has 0 saturated carbocycles. The van der Waals surface area contributed by atoms with Crippen molar-refractivity contribution in [3.8, 4) is 56.2 Å². The first-order chi connectivity index (χ1) is 23.3. The van der Waals surface area contributed by atoms with Crippen molar-refractivity contribution < 1.29 is 4.42 Å². The molecule has 0 fully saturated rings. The van der Waals surface area contributed by atoms with Crippen molar-refractivity contribution in [2.75, 3.05) is 0 Å². The van der Waals surface area contributed by atoms with Gasteiger partial charge < -0.3 is 4.42 Å². The topological polar surface area (TPSA) is 51.8 Å². The highest BCUT2D eigenvalue weighted by molar-refractivity contribution is 6.14. The van der Waals surface area contributed by atoms with Crippen molar-refractivity contribution in [2.24, 2.45) is 0 Å². The smallest absolute Gasteiger partial charge is 0.162 e. The van der Waals surface area contributed by atoms with E-state index in [1.807, 2.05) is 48.5 Å². The number of hydrogen-bond acceptors (Lipinski definition) is 4. The highest BCUT2D eigenvalue weighted by Gasteiger charge is 2.18. The summed E-state index contributed by atoms with van der Waals surface area (Å²) >= 11 is 0. The molecule has 0 aliphatic rings. The molecular weight excluding hydrogens is 574 g/mol. The highest BCUT2D eigenvalue weighted by Crippen LogP contribution is 2.40. The van der Waals surface area contributed by atoms with Crippen LogP contribution < -0.4 is 0 Å². The highest BCUT2D eigenvalue weighted by atomic mass is 16.3. The van der Waals surface area contributed by atoms with Crippen LogP contribution in [0.3, 0.4) is 0 Å². The summed E-state index contributed by atoms with van der Waals surface area (Å²) in [5, 5.41) is 2.07. The third-order valence-corrected chi connectivity index (χ3v) is 8.69.